The largest absolute Gasteiger partial charge is 0.455 e. The Morgan fingerprint density at radius 3 is 2.66 bits per heavy atom. The minimum absolute atomic E-state index is 0.126. The Kier molecular flexibility index (Phi) is 5.35. The number of fused-ring (bicyclic) bond motifs is 1. The van der Waals surface area contributed by atoms with Gasteiger partial charge in [-0.1, -0.05) is 29.8 Å². The van der Waals surface area contributed by atoms with Crippen LogP contribution in [0.2, 0.25) is 0 Å². The molecule has 4 rings (SSSR count). The maximum Gasteiger partial charge on any atom is 0.338 e. The van der Waals surface area contributed by atoms with Crippen molar-refractivity contribution >= 4 is 26.5 Å². The maximum absolute atomic E-state index is 13.0. The van der Waals surface area contributed by atoms with Gasteiger partial charge >= 0.3 is 5.97 Å². The molecule has 0 spiro atoms. The van der Waals surface area contributed by atoms with Crippen molar-refractivity contribution in [1.29, 1.82) is 0 Å². The number of benzene rings is 2. The average molecular weight is 406 g/mol. The number of carbonyl (C=O) groups excluding carboxylic acids is 1. The molecule has 2 nitrogen and oxygen atoms in total. The number of hydrogen-bond acceptors (Lipinski definition) is 2. The first-order chi connectivity index (χ1) is 13.8. The highest BCUT2D eigenvalue weighted by atomic mass is 32.2. The summed E-state index contributed by atoms with van der Waals surface area (Å²) in [4.78, 5) is 15.5. The molecule has 3 aromatic rings. The van der Waals surface area contributed by atoms with Crippen LogP contribution in [0.15, 0.2) is 66.2 Å². The second-order valence-corrected chi connectivity index (χ2v) is 10.8. The van der Waals surface area contributed by atoms with E-state index in [1.54, 1.807) is 0 Å². The molecule has 0 fully saturated rings. The minimum Gasteiger partial charge on any atom is -0.455 e. The lowest BCUT2D eigenvalue weighted by Gasteiger charge is -2.34. The van der Waals surface area contributed by atoms with Crippen molar-refractivity contribution in [2.45, 2.75) is 52.6 Å². The van der Waals surface area contributed by atoms with Crippen molar-refractivity contribution in [3.05, 3.63) is 76.7 Å². The summed E-state index contributed by atoms with van der Waals surface area (Å²) < 4.78 is 7.36. The van der Waals surface area contributed by atoms with E-state index >= 15 is 0 Å². The van der Waals surface area contributed by atoms with Crippen molar-refractivity contribution in [1.82, 2.24) is 0 Å². The molecule has 2 aromatic carbocycles. The Morgan fingerprint density at radius 1 is 1.07 bits per heavy atom. The lowest BCUT2D eigenvalue weighted by atomic mass is 9.81. The molecule has 29 heavy (non-hydrogen) atoms. The number of allylic oxidation sites excluding steroid dienone is 1. The summed E-state index contributed by atoms with van der Waals surface area (Å²) in [5, 5.41) is 1.28. The van der Waals surface area contributed by atoms with Crippen molar-refractivity contribution in [3.8, 4) is 4.90 Å². The molecule has 1 aromatic heterocycles. The Balaban J connectivity index is 1.62. The van der Waals surface area contributed by atoms with Crippen molar-refractivity contribution in [2.75, 3.05) is 0 Å². The van der Waals surface area contributed by atoms with E-state index in [4.69, 9.17) is 4.74 Å². The van der Waals surface area contributed by atoms with E-state index in [0.29, 0.717) is 5.56 Å². The number of carbonyl (C=O) groups is 1. The molecule has 0 amide bonds. The molecular formula is C26H29O2S+. The molecule has 1 aliphatic carbocycles. The Hall–Kier alpha value is -2.39. The zero-order valence-electron chi connectivity index (χ0n) is 17.7. The molecule has 1 heterocycles. The molecule has 2 unspecified atom stereocenters. The smallest absolute Gasteiger partial charge is 0.338 e. The third-order valence-electron chi connectivity index (χ3n) is 5.95. The third kappa shape index (κ3) is 4.02. The van der Waals surface area contributed by atoms with Gasteiger partial charge in [-0.05, 0) is 64.3 Å². The second kappa shape index (κ2) is 7.79. The van der Waals surface area contributed by atoms with Gasteiger partial charge in [0.1, 0.15) is 5.60 Å². The lowest BCUT2D eigenvalue weighted by molar-refractivity contribution is -0.0228. The zero-order chi connectivity index (χ0) is 20.6. The van der Waals surface area contributed by atoms with Gasteiger partial charge in [-0.15, -0.1) is 0 Å². The van der Waals surface area contributed by atoms with Gasteiger partial charge in [0, 0.05) is 40.8 Å². The fraction of sp³-hybridized carbons (Fsp3) is 0.346. The van der Waals surface area contributed by atoms with Gasteiger partial charge < -0.3 is 4.74 Å². The molecule has 0 saturated heterocycles. The fourth-order valence-electron chi connectivity index (χ4n) is 4.33. The van der Waals surface area contributed by atoms with E-state index in [9.17, 15) is 4.79 Å². The quantitative estimate of drug-likeness (QED) is 0.254. The van der Waals surface area contributed by atoms with Gasteiger partial charge in [0.15, 0.2) is 14.5 Å². The van der Waals surface area contributed by atoms with Crippen LogP contribution >= 0.6 is 10.5 Å². The van der Waals surface area contributed by atoms with Crippen LogP contribution in [0.4, 0.5) is 0 Å². The van der Waals surface area contributed by atoms with Crippen LogP contribution < -0.4 is 0 Å². The molecular weight excluding hydrogens is 376 g/mol. The summed E-state index contributed by atoms with van der Waals surface area (Å²) in [6.45, 7) is 8.42. The molecule has 3 heteroatoms. The average Bonchev–Trinajstić information content (AvgIpc) is 3.03. The monoisotopic (exact) mass is 405 g/mol. The molecule has 0 bridgehead atoms. The normalized spacial score (nSPS) is 17.9. The third-order valence-corrected chi connectivity index (χ3v) is 8.24. The Bertz CT molecular complexity index is 1090. The highest BCUT2D eigenvalue weighted by molar-refractivity contribution is 7.45. The standard InChI is InChI=1S/C26H29O2S/c1-18-9-7-12-22(15-18)26(3,4)28-25(27)21-11-8-13-23(17-21)29-19(2)16-20-10-5-6-14-24(20)29/h5-6,8,10-11,13-17,22H,7,9,12H2,1-4H3/q+1. The lowest BCUT2D eigenvalue weighted by Crippen LogP contribution is -2.36. The van der Waals surface area contributed by atoms with Gasteiger partial charge in [0.05, 0.1) is 5.56 Å². The van der Waals surface area contributed by atoms with Crippen molar-refractivity contribution in [3.63, 3.8) is 0 Å². The van der Waals surface area contributed by atoms with E-state index in [2.05, 4.69) is 56.3 Å². The first kappa shape index (κ1) is 19.9. The molecule has 0 saturated carbocycles. The van der Waals surface area contributed by atoms with Gasteiger partial charge in [-0.2, -0.15) is 0 Å². The maximum atomic E-state index is 13.0. The summed E-state index contributed by atoms with van der Waals surface area (Å²) in [5.74, 6) is 0.0448. The molecule has 0 N–H and O–H groups in total. The summed E-state index contributed by atoms with van der Waals surface area (Å²) in [6.07, 6.45) is 5.68. The Morgan fingerprint density at radius 2 is 1.86 bits per heavy atom. The van der Waals surface area contributed by atoms with E-state index < -0.39 is 5.60 Å². The van der Waals surface area contributed by atoms with Crippen molar-refractivity contribution < 1.29 is 9.53 Å². The predicted molar refractivity (Wildman–Crippen MR) is 123 cm³/mol. The van der Waals surface area contributed by atoms with E-state index in [-0.39, 0.29) is 22.4 Å². The summed E-state index contributed by atoms with van der Waals surface area (Å²) in [6, 6.07) is 18.8. The minimum atomic E-state index is -0.507. The molecule has 0 aliphatic heterocycles. The van der Waals surface area contributed by atoms with Crippen LogP contribution in [0, 0.1) is 12.8 Å². The molecule has 150 valence electrons. The van der Waals surface area contributed by atoms with Crippen LogP contribution in [-0.2, 0) is 4.74 Å². The highest BCUT2D eigenvalue weighted by Crippen LogP contribution is 2.43. The van der Waals surface area contributed by atoms with Crippen LogP contribution in [0.1, 0.15) is 55.3 Å². The molecule has 2 atom stereocenters. The second-order valence-electron chi connectivity index (χ2n) is 8.63. The van der Waals surface area contributed by atoms with Gasteiger partial charge in [-0.3, -0.25) is 0 Å². The highest BCUT2D eigenvalue weighted by Gasteiger charge is 2.33. The fourth-order valence-corrected chi connectivity index (χ4v) is 6.59. The number of aryl methyl sites for hydroxylation is 1. The van der Waals surface area contributed by atoms with Crippen LogP contribution in [0.25, 0.3) is 15.0 Å². The first-order valence-electron chi connectivity index (χ1n) is 10.4. The number of hydrogen-bond donors (Lipinski definition) is 0. The van der Waals surface area contributed by atoms with Crippen LogP contribution in [-0.4, -0.2) is 11.6 Å². The molecule has 0 radical (unpaired) electrons. The number of esters is 1. The Labute approximate surface area is 176 Å². The zero-order valence-corrected chi connectivity index (χ0v) is 18.5. The SMILES string of the molecule is CC1=CC(C(C)(C)OC(=O)c2cccc(-[s+]3c(C)cc4ccccc43)c2)CCC1. The topological polar surface area (TPSA) is 26.3 Å². The first-order valence-corrected chi connectivity index (χ1v) is 11.6. The summed E-state index contributed by atoms with van der Waals surface area (Å²) >= 11 is 0. The van der Waals surface area contributed by atoms with Crippen LogP contribution in [0.3, 0.4) is 0 Å². The molecule has 1 aliphatic rings. The van der Waals surface area contributed by atoms with E-state index in [1.165, 1.54) is 25.4 Å². The number of thiophene rings is 1. The van der Waals surface area contributed by atoms with Gasteiger partial charge in [-0.25, -0.2) is 4.79 Å². The van der Waals surface area contributed by atoms with Crippen LogP contribution in [0.5, 0.6) is 0 Å². The predicted octanol–water partition coefficient (Wildman–Crippen LogP) is 7.57. The number of ether oxygens (including phenoxy) is 1. The summed E-state index contributed by atoms with van der Waals surface area (Å²) in [7, 11) is -0.126. The van der Waals surface area contributed by atoms with E-state index in [1.807, 2.05) is 32.0 Å². The van der Waals surface area contributed by atoms with Gasteiger partial charge in [0.2, 0.25) is 0 Å². The summed E-state index contributed by atoms with van der Waals surface area (Å²) in [5.41, 5.74) is 1.53. The van der Waals surface area contributed by atoms with Gasteiger partial charge in [0.25, 0.3) is 0 Å². The van der Waals surface area contributed by atoms with Crippen molar-refractivity contribution in [2.24, 2.45) is 5.92 Å². The van der Waals surface area contributed by atoms with E-state index in [0.717, 1.165) is 19.3 Å². The number of rotatable bonds is 4.